The van der Waals surface area contributed by atoms with E-state index in [9.17, 15) is 4.79 Å². The number of H-pyrrole nitrogens is 1. The van der Waals surface area contributed by atoms with Gasteiger partial charge in [-0.05, 0) is 12.1 Å². The van der Waals surface area contributed by atoms with Gasteiger partial charge in [-0.1, -0.05) is 12.2 Å². The topological polar surface area (TPSA) is 76.9 Å². The molecule has 0 spiro atoms. The van der Waals surface area contributed by atoms with E-state index in [1.54, 1.807) is 6.07 Å². The van der Waals surface area contributed by atoms with Crippen molar-refractivity contribution >= 4 is 18.2 Å². The van der Waals surface area contributed by atoms with Gasteiger partial charge in [0.25, 0.3) is 0 Å². The summed E-state index contributed by atoms with van der Waals surface area (Å²) in [6.07, 6.45) is 0. The highest BCUT2D eigenvalue weighted by Crippen LogP contribution is 2.04. The van der Waals surface area contributed by atoms with Gasteiger partial charge in [0.05, 0.1) is 5.56 Å². The average molecular weight is 180 g/mol. The zero-order valence-corrected chi connectivity index (χ0v) is 6.68. The first-order valence-corrected chi connectivity index (χ1v) is 3.42. The molecule has 0 aliphatic carbocycles. The number of pyridine rings is 1. The van der Waals surface area contributed by atoms with E-state index in [1.807, 2.05) is 0 Å². The molecule has 0 saturated heterocycles. The molecule has 0 amide bonds. The molecule has 0 aliphatic heterocycles. The maximum absolute atomic E-state index is 10.5. The van der Waals surface area contributed by atoms with Crippen LogP contribution in [0, 0.1) is 16.0 Å². The molecule has 0 saturated carbocycles. The van der Waals surface area contributed by atoms with E-state index >= 15 is 0 Å². The zero-order chi connectivity index (χ0) is 9.14. The molecule has 60 valence electrons. The minimum Gasteiger partial charge on any atom is -0.478 e. The summed E-state index contributed by atoms with van der Waals surface area (Å²) in [5, 5.41) is 17.1. The summed E-state index contributed by atoms with van der Waals surface area (Å²) >= 11 is 4.71. The molecule has 0 bridgehead atoms. The highest BCUT2D eigenvalue weighted by Gasteiger charge is 2.08. The zero-order valence-electron chi connectivity index (χ0n) is 5.87. The lowest BCUT2D eigenvalue weighted by atomic mass is 10.2. The largest absolute Gasteiger partial charge is 0.478 e. The minimum absolute atomic E-state index is 0.0185. The second kappa shape index (κ2) is 3.15. The second-order valence-corrected chi connectivity index (χ2v) is 2.47. The molecular weight excluding hydrogens is 176 g/mol. The molecule has 2 N–H and O–H groups in total. The van der Waals surface area contributed by atoms with Gasteiger partial charge in [0.2, 0.25) is 0 Å². The van der Waals surface area contributed by atoms with Crippen molar-refractivity contribution in [3.05, 3.63) is 28.0 Å². The monoisotopic (exact) mass is 180 g/mol. The maximum Gasteiger partial charge on any atom is 0.338 e. The van der Waals surface area contributed by atoms with Crippen molar-refractivity contribution in [1.29, 1.82) is 5.26 Å². The number of hydrogen-bond acceptors (Lipinski definition) is 3. The lowest BCUT2D eigenvalue weighted by Crippen LogP contribution is -2.01. The molecule has 12 heavy (non-hydrogen) atoms. The Balaban J connectivity index is 3.42. The SMILES string of the molecule is N#Cc1[nH]c(=S)ccc1C(=O)O. The third-order valence-corrected chi connectivity index (χ3v) is 1.50. The fourth-order valence-electron chi connectivity index (χ4n) is 0.741. The number of nitriles is 1. The molecule has 1 aromatic rings. The minimum atomic E-state index is -1.14. The maximum atomic E-state index is 10.5. The van der Waals surface area contributed by atoms with Crippen molar-refractivity contribution in [2.45, 2.75) is 0 Å². The van der Waals surface area contributed by atoms with E-state index in [-0.39, 0.29) is 11.3 Å². The summed E-state index contributed by atoms with van der Waals surface area (Å²) in [4.78, 5) is 13.0. The van der Waals surface area contributed by atoms with Crippen molar-refractivity contribution in [3.63, 3.8) is 0 Å². The summed E-state index contributed by atoms with van der Waals surface area (Å²) < 4.78 is 0.344. The van der Waals surface area contributed by atoms with Crippen LogP contribution >= 0.6 is 12.2 Å². The predicted molar refractivity (Wildman–Crippen MR) is 43.3 cm³/mol. The Morgan fingerprint density at radius 1 is 1.67 bits per heavy atom. The third-order valence-electron chi connectivity index (χ3n) is 1.26. The van der Waals surface area contributed by atoms with Crippen LogP contribution in [0.25, 0.3) is 0 Å². The number of hydrogen-bond donors (Lipinski definition) is 2. The Hall–Kier alpha value is -1.67. The van der Waals surface area contributed by atoms with Crippen LogP contribution in [0.5, 0.6) is 0 Å². The third kappa shape index (κ3) is 1.49. The molecule has 0 aromatic carbocycles. The van der Waals surface area contributed by atoms with Crippen LogP contribution in [-0.2, 0) is 0 Å². The molecule has 0 unspecified atom stereocenters. The molecule has 1 aromatic heterocycles. The van der Waals surface area contributed by atoms with Gasteiger partial charge >= 0.3 is 5.97 Å². The van der Waals surface area contributed by atoms with Crippen LogP contribution in [0.3, 0.4) is 0 Å². The summed E-state index contributed by atoms with van der Waals surface area (Å²) in [6, 6.07) is 4.45. The molecule has 1 rings (SSSR count). The van der Waals surface area contributed by atoms with E-state index in [2.05, 4.69) is 4.98 Å². The van der Waals surface area contributed by atoms with Crippen molar-refractivity contribution < 1.29 is 9.90 Å². The Kier molecular flexibility index (Phi) is 2.21. The number of carboxylic acid groups (broad SMARTS) is 1. The molecule has 0 fully saturated rings. The number of carbonyl (C=O) groups is 1. The Bertz CT molecular complexity index is 416. The molecule has 1 heterocycles. The number of nitrogens with one attached hydrogen (secondary N) is 1. The summed E-state index contributed by atoms with van der Waals surface area (Å²) in [5.41, 5.74) is -0.0823. The van der Waals surface area contributed by atoms with Gasteiger partial charge in [-0.15, -0.1) is 0 Å². The number of rotatable bonds is 1. The smallest absolute Gasteiger partial charge is 0.338 e. The van der Waals surface area contributed by atoms with Crippen LogP contribution in [0.4, 0.5) is 0 Å². The molecule has 0 atom stereocenters. The van der Waals surface area contributed by atoms with Crippen LogP contribution in [0.15, 0.2) is 12.1 Å². The van der Waals surface area contributed by atoms with Gasteiger partial charge in [0, 0.05) is 0 Å². The van der Waals surface area contributed by atoms with Gasteiger partial charge < -0.3 is 10.1 Å². The standard InChI is InChI=1S/C7H4N2O2S/c8-3-5-4(7(10)11)1-2-6(12)9-5/h1-2H,(H,9,12)(H,10,11). The first-order valence-electron chi connectivity index (χ1n) is 3.02. The van der Waals surface area contributed by atoms with Crippen molar-refractivity contribution in [1.82, 2.24) is 4.98 Å². The highest BCUT2D eigenvalue weighted by molar-refractivity contribution is 7.71. The van der Waals surface area contributed by atoms with E-state index in [0.717, 1.165) is 0 Å². The first-order chi connectivity index (χ1) is 5.65. The first kappa shape index (κ1) is 8.43. The van der Waals surface area contributed by atoms with Gasteiger partial charge in [0.1, 0.15) is 16.4 Å². The number of aromatic amines is 1. The Morgan fingerprint density at radius 2 is 2.33 bits per heavy atom. The normalized spacial score (nSPS) is 8.92. The number of nitrogens with zero attached hydrogens (tertiary/aromatic N) is 1. The second-order valence-electron chi connectivity index (χ2n) is 2.03. The van der Waals surface area contributed by atoms with Crippen LogP contribution in [0.1, 0.15) is 16.1 Å². The predicted octanol–water partition coefficient (Wildman–Crippen LogP) is 1.31. The number of carboxylic acids is 1. The summed E-state index contributed by atoms with van der Waals surface area (Å²) in [6.45, 7) is 0. The van der Waals surface area contributed by atoms with Gasteiger partial charge in [0.15, 0.2) is 0 Å². The molecule has 0 aliphatic rings. The van der Waals surface area contributed by atoms with Gasteiger partial charge in [-0.25, -0.2) is 4.79 Å². The average Bonchev–Trinajstić information content (AvgIpc) is 2.03. The summed E-state index contributed by atoms with van der Waals surface area (Å²) in [5.74, 6) is -1.14. The van der Waals surface area contributed by atoms with Gasteiger partial charge in [-0.3, -0.25) is 0 Å². The number of aromatic nitrogens is 1. The molecule has 4 nitrogen and oxygen atoms in total. The summed E-state index contributed by atoms with van der Waals surface area (Å²) in [7, 11) is 0. The lowest BCUT2D eigenvalue weighted by molar-refractivity contribution is 0.0696. The van der Waals surface area contributed by atoms with E-state index < -0.39 is 5.97 Å². The lowest BCUT2D eigenvalue weighted by Gasteiger charge is -1.95. The van der Waals surface area contributed by atoms with Crippen molar-refractivity contribution in [3.8, 4) is 6.07 Å². The van der Waals surface area contributed by atoms with Crippen LogP contribution in [-0.4, -0.2) is 16.1 Å². The van der Waals surface area contributed by atoms with Crippen molar-refractivity contribution in [2.24, 2.45) is 0 Å². The Morgan fingerprint density at radius 3 is 2.83 bits per heavy atom. The van der Waals surface area contributed by atoms with E-state index in [4.69, 9.17) is 22.6 Å². The molecule has 0 radical (unpaired) electrons. The highest BCUT2D eigenvalue weighted by atomic mass is 32.1. The van der Waals surface area contributed by atoms with Crippen LogP contribution < -0.4 is 0 Å². The molecular formula is C7H4N2O2S. The van der Waals surface area contributed by atoms with Crippen molar-refractivity contribution in [2.75, 3.05) is 0 Å². The Labute approximate surface area is 73.1 Å². The molecule has 5 heteroatoms. The fourth-order valence-corrected chi connectivity index (χ4v) is 0.911. The quantitative estimate of drug-likeness (QED) is 0.639. The van der Waals surface area contributed by atoms with E-state index in [1.165, 1.54) is 12.1 Å². The number of aromatic carboxylic acids is 1. The fraction of sp³-hybridized carbons (Fsp3) is 0. The van der Waals surface area contributed by atoms with Crippen LogP contribution in [0.2, 0.25) is 0 Å². The van der Waals surface area contributed by atoms with Gasteiger partial charge in [-0.2, -0.15) is 5.26 Å². The van der Waals surface area contributed by atoms with E-state index in [0.29, 0.717) is 4.64 Å².